The molecule has 1 saturated heterocycles. The van der Waals surface area contributed by atoms with E-state index < -0.39 is 17.6 Å². The van der Waals surface area contributed by atoms with Gasteiger partial charge in [-0.05, 0) is 17.7 Å². The lowest BCUT2D eigenvalue weighted by atomic mass is 10.1. The molecule has 3 aromatic rings. The fourth-order valence-corrected chi connectivity index (χ4v) is 3.38. The molecule has 4 N–H and O–H groups in total. The summed E-state index contributed by atoms with van der Waals surface area (Å²) in [5, 5.41) is 15.1. The zero-order valence-electron chi connectivity index (χ0n) is 16.6. The predicted octanol–water partition coefficient (Wildman–Crippen LogP) is -0.169. The van der Waals surface area contributed by atoms with Crippen molar-refractivity contribution in [2.75, 3.05) is 25.0 Å². The molecule has 1 aromatic carbocycles. The maximum Gasteiger partial charge on any atom is 0.270 e. The van der Waals surface area contributed by atoms with Crippen LogP contribution in [0.3, 0.4) is 0 Å². The maximum absolute atomic E-state index is 14.2. The molecule has 3 amide bonds. The number of hydrogen-bond acceptors (Lipinski definition) is 7. The van der Waals surface area contributed by atoms with Crippen LogP contribution in [-0.2, 0) is 11.3 Å². The number of ether oxygens (including phenoxy) is 1. The van der Waals surface area contributed by atoms with Crippen LogP contribution in [0.1, 0.15) is 26.5 Å². The molecule has 0 radical (unpaired) electrons. The topological polar surface area (TPSA) is 139 Å². The molecular weight excluding hydrogens is 421 g/mol. The van der Waals surface area contributed by atoms with Gasteiger partial charge in [-0.25, -0.2) is 13.9 Å². The van der Waals surface area contributed by atoms with E-state index in [1.807, 2.05) is 0 Å². The molecule has 12 heteroatoms. The minimum Gasteiger partial charge on any atom is -0.482 e. The summed E-state index contributed by atoms with van der Waals surface area (Å²) in [6.07, 6.45) is 0.940. The van der Waals surface area contributed by atoms with Gasteiger partial charge in [0.05, 0.1) is 17.9 Å². The summed E-state index contributed by atoms with van der Waals surface area (Å²) in [7, 11) is 0. The van der Waals surface area contributed by atoms with Gasteiger partial charge < -0.3 is 26.0 Å². The first-order valence-corrected chi connectivity index (χ1v) is 9.87. The molecule has 2 aromatic heterocycles. The van der Waals surface area contributed by atoms with E-state index in [1.165, 1.54) is 6.07 Å². The monoisotopic (exact) mass is 439 g/mol. The lowest BCUT2D eigenvalue weighted by Gasteiger charge is -2.27. The average Bonchev–Trinajstić information content (AvgIpc) is 3.14. The number of amides is 3. The summed E-state index contributed by atoms with van der Waals surface area (Å²) in [5.74, 6) is -1.54. The molecule has 164 valence electrons. The number of nitrogens with zero attached hydrogens (tertiary/aromatic N) is 3. The molecule has 32 heavy (non-hydrogen) atoms. The van der Waals surface area contributed by atoms with Crippen molar-refractivity contribution in [3.05, 3.63) is 53.2 Å². The molecule has 11 nitrogen and oxygen atoms in total. The molecule has 1 fully saturated rings. The van der Waals surface area contributed by atoms with E-state index in [-0.39, 0.29) is 42.1 Å². The fraction of sp³-hybridized carbons (Fsp3) is 0.250. The fourth-order valence-electron chi connectivity index (χ4n) is 3.38. The van der Waals surface area contributed by atoms with Crippen LogP contribution in [-0.4, -0.2) is 58.1 Å². The SMILES string of the molecule is O=C1COc2ccc(CNC(=O)c3cc(C(=O)NC4CNC4)n4ncc(F)c4n3)cc2N1. The summed E-state index contributed by atoms with van der Waals surface area (Å²) < 4.78 is 20.5. The zero-order valence-corrected chi connectivity index (χ0v) is 16.6. The van der Waals surface area contributed by atoms with Crippen molar-refractivity contribution < 1.29 is 23.5 Å². The first-order valence-electron chi connectivity index (χ1n) is 9.87. The van der Waals surface area contributed by atoms with Gasteiger partial charge in [-0.2, -0.15) is 5.10 Å². The van der Waals surface area contributed by atoms with Gasteiger partial charge in [-0.3, -0.25) is 14.4 Å². The van der Waals surface area contributed by atoms with Crippen LogP contribution in [0.2, 0.25) is 0 Å². The highest BCUT2D eigenvalue weighted by Crippen LogP contribution is 2.28. The third-order valence-corrected chi connectivity index (χ3v) is 5.14. The third kappa shape index (κ3) is 3.71. The smallest absolute Gasteiger partial charge is 0.270 e. The number of nitrogens with one attached hydrogen (secondary N) is 4. The lowest BCUT2D eigenvalue weighted by Crippen LogP contribution is -2.57. The second-order valence-electron chi connectivity index (χ2n) is 7.43. The molecule has 4 heterocycles. The first kappa shape index (κ1) is 19.9. The number of halogens is 1. The normalized spacial score (nSPS) is 15.3. The van der Waals surface area contributed by atoms with Gasteiger partial charge in [0.1, 0.15) is 17.1 Å². The van der Waals surface area contributed by atoms with Gasteiger partial charge in [0, 0.05) is 25.7 Å². The van der Waals surface area contributed by atoms with E-state index in [0.29, 0.717) is 30.1 Å². The molecule has 0 saturated carbocycles. The lowest BCUT2D eigenvalue weighted by molar-refractivity contribution is -0.118. The van der Waals surface area contributed by atoms with Crippen LogP contribution in [0.5, 0.6) is 5.75 Å². The summed E-state index contributed by atoms with van der Waals surface area (Å²) in [6.45, 7) is 1.33. The van der Waals surface area contributed by atoms with E-state index in [9.17, 15) is 18.8 Å². The Bertz CT molecular complexity index is 1250. The summed E-state index contributed by atoms with van der Waals surface area (Å²) in [5.41, 5.74) is 0.879. The Morgan fingerprint density at radius 2 is 2.09 bits per heavy atom. The van der Waals surface area contributed by atoms with Crippen LogP contribution in [0, 0.1) is 5.82 Å². The Kier molecular flexibility index (Phi) is 4.90. The number of rotatable bonds is 5. The molecule has 2 aliphatic heterocycles. The highest BCUT2D eigenvalue weighted by Gasteiger charge is 2.24. The van der Waals surface area contributed by atoms with Gasteiger partial charge in [0.15, 0.2) is 18.1 Å². The van der Waals surface area contributed by atoms with Gasteiger partial charge in [0.25, 0.3) is 17.7 Å². The molecule has 0 atom stereocenters. The number of benzene rings is 1. The quantitative estimate of drug-likeness (QED) is 0.433. The van der Waals surface area contributed by atoms with Gasteiger partial charge in [-0.1, -0.05) is 6.07 Å². The van der Waals surface area contributed by atoms with Crippen molar-refractivity contribution in [1.82, 2.24) is 30.5 Å². The number of aromatic nitrogens is 3. The van der Waals surface area contributed by atoms with Crippen LogP contribution in [0.25, 0.3) is 5.65 Å². The Morgan fingerprint density at radius 1 is 1.25 bits per heavy atom. The molecule has 5 rings (SSSR count). The van der Waals surface area contributed by atoms with E-state index in [4.69, 9.17) is 4.74 Å². The number of anilines is 1. The third-order valence-electron chi connectivity index (χ3n) is 5.14. The Balaban J connectivity index is 1.36. The van der Waals surface area contributed by atoms with Gasteiger partial charge in [-0.15, -0.1) is 0 Å². The molecule has 0 bridgehead atoms. The summed E-state index contributed by atoms with van der Waals surface area (Å²) in [4.78, 5) is 40.9. The molecule has 0 aliphatic carbocycles. The van der Waals surface area contributed by atoms with E-state index in [0.717, 1.165) is 10.7 Å². The van der Waals surface area contributed by atoms with Crippen molar-refractivity contribution in [2.45, 2.75) is 12.6 Å². The maximum atomic E-state index is 14.2. The van der Waals surface area contributed by atoms with Crippen molar-refractivity contribution in [3.8, 4) is 5.75 Å². The summed E-state index contributed by atoms with van der Waals surface area (Å²) in [6, 6.07) is 6.36. The van der Waals surface area contributed by atoms with E-state index in [1.54, 1.807) is 18.2 Å². The minimum atomic E-state index is -0.746. The number of carbonyl (C=O) groups excluding carboxylic acids is 3. The first-order chi connectivity index (χ1) is 15.5. The second-order valence-corrected chi connectivity index (χ2v) is 7.43. The van der Waals surface area contributed by atoms with Crippen molar-refractivity contribution in [3.63, 3.8) is 0 Å². The predicted molar refractivity (Wildman–Crippen MR) is 109 cm³/mol. The van der Waals surface area contributed by atoms with Crippen LogP contribution in [0.15, 0.2) is 30.5 Å². The second kappa shape index (κ2) is 7.89. The molecule has 0 unspecified atom stereocenters. The highest BCUT2D eigenvalue weighted by molar-refractivity contribution is 5.98. The van der Waals surface area contributed by atoms with Gasteiger partial charge >= 0.3 is 0 Å². The van der Waals surface area contributed by atoms with Crippen molar-refractivity contribution in [1.29, 1.82) is 0 Å². The number of hydrogen-bond donors (Lipinski definition) is 4. The van der Waals surface area contributed by atoms with Crippen LogP contribution < -0.4 is 26.0 Å². The van der Waals surface area contributed by atoms with E-state index in [2.05, 4.69) is 31.3 Å². The van der Waals surface area contributed by atoms with Crippen molar-refractivity contribution in [2.24, 2.45) is 0 Å². The summed E-state index contributed by atoms with van der Waals surface area (Å²) >= 11 is 0. The minimum absolute atomic E-state index is 0.00425. The van der Waals surface area contributed by atoms with E-state index >= 15 is 0 Å². The number of fused-ring (bicyclic) bond motifs is 2. The largest absolute Gasteiger partial charge is 0.482 e. The molecule has 0 spiro atoms. The van der Waals surface area contributed by atoms with Crippen LogP contribution in [0.4, 0.5) is 10.1 Å². The Morgan fingerprint density at radius 3 is 2.88 bits per heavy atom. The zero-order chi connectivity index (χ0) is 22.2. The highest BCUT2D eigenvalue weighted by atomic mass is 19.1. The molecular formula is C20H18FN7O4. The molecule has 2 aliphatic rings. The standard InChI is InChI=1S/C20H18FN7O4/c21-12-8-24-28-15(20(31)25-11-6-22-7-11)4-14(27-18(12)28)19(30)23-5-10-1-2-16-13(3-10)26-17(29)9-32-16/h1-4,8,11,22H,5-7,9H2,(H,23,30)(H,25,31)(H,26,29). The van der Waals surface area contributed by atoms with Gasteiger partial charge in [0.2, 0.25) is 0 Å². The number of carbonyl (C=O) groups is 3. The van der Waals surface area contributed by atoms with Crippen LogP contribution >= 0.6 is 0 Å². The average molecular weight is 439 g/mol. The van der Waals surface area contributed by atoms with Crippen molar-refractivity contribution >= 4 is 29.1 Å². The Labute approximate surface area is 180 Å². The Hall–Kier alpha value is -4.06.